The second-order valence-corrected chi connectivity index (χ2v) is 12.5. The average molecular weight is 470 g/mol. The molecule has 29 heavy (non-hydrogen) atoms. The fourth-order valence-corrected chi connectivity index (χ4v) is 9.83. The van der Waals surface area contributed by atoms with Crippen molar-refractivity contribution in [3.05, 3.63) is 91.0 Å². The van der Waals surface area contributed by atoms with Crippen LogP contribution >= 0.6 is 7.41 Å². The predicted molar refractivity (Wildman–Crippen MR) is 126 cm³/mol. The molecule has 0 bridgehead atoms. The maximum absolute atomic E-state index is 2.78. The molecule has 0 aromatic heterocycles. The summed E-state index contributed by atoms with van der Waals surface area (Å²) in [5, 5.41) is 4.20. The summed E-state index contributed by atoms with van der Waals surface area (Å²) in [4.78, 5) is 0. The molecular weight excluding hydrogens is 437 g/mol. The van der Waals surface area contributed by atoms with Crippen LogP contribution in [0, 0.1) is 0 Å². The standard InChI is InChI=1S/C26H33NP.BrH/c1-25(2,3)27(26(4,5)6)28(22-16-10-7-11-17-22,23-18-12-8-13-19-23)24-20-14-9-15-21-24;/h7-21H,1-6H3;1H/q+1;/p-1. The van der Waals surface area contributed by atoms with Crippen molar-refractivity contribution in [2.24, 2.45) is 0 Å². The molecule has 0 aliphatic carbocycles. The average Bonchev–Trinajstić information content (AvgIpc) is 2.66. The molecule has 0 amide bonds. The molecule has 0 N–H and O–H groups in total. The summed E-state index contributed by atoms with van der Waals surface area (Å²) >= 11 is 0. The molecule has 1 nitrogen and oxygen atoms in total. The first kappa shape index (κ1) is 23.8. The topological polar surface area (TPSA) is 3.24 Å². The van der Waals surface area contributed by atoms with Gasteiger partial charge in [0.1, 0.15) is 15.9 Å². The number of benzene rings is 3. The summed E-state index contributed by atoms with van der Waals surface area (Å²) in [6, 6.07) is 33.3. The van der Waals surface area contributed by atoms with E-state index in [0.717, 1.165) is 0 Å². The molecule has 0 aliphatic rings. The van der Waals surface area contributed by atoms with Gasteiger partial charge in [-0.25, -0.2) is 0 Å². The van der Waals surface area contributed by atoms with Gasteiger partial charge in [-0.2, -0.15) is 4.67 Å². The molecule has 3 aromatic carbocycles. The summed E-state index contributed by atoms with van der Waals surface area (Å²) < 4.78 is 2.78. The van der Waals surface area contributed by atoms with Crippen LogP contribution in [0.4, 0.5) is 0 Å². The zero-order valence-corrected chi connectivity index (χ0v) is 20.9. The van der Waals surface area contributed by atoms with Crippen molar-refractivity contribution < 1.29 is 17.0 Å². The van der Waals surface area contributed by atoms with Crippen molar-refractivity contribution >= 4 is 23.3 Å². The van der Waals surface area contributed by atoms with Crippen LogP contribution in [0.25, 0.3) is 0 Å². The first-order chi connectivity index (χ1) is 13.2. The van der Waals surface area contributed by atoms with E-state index in [0.29, 0.717) is 0 Å². The van der Waals surface area contributed by atoms with Gasteiger partial charge in [-0.3, -0.25) is 0 Å². The Kier molecular flexibility index (Phi) is 7.49. The Morgan fingerprint density at radius 1 is 0.483 bits per heavy atom. The Morgan fingerprint density at radius 2 is 0.724 bits per heavy atom. The molecule has 3 aromatic rings. The minimum absolute atomic E-state index is 0. The molecule has 0 saturated heterocycles. The minimum atomic E-state index is -2.07. The largest absolute Gasteiger partial charge is 1.00 e. The Balaban J connectivity index is 0.00000300. The van der Waals surface area contributed by atoms with E-state index in [9.17, 15) is 0 Å². The van der Waals surface area contributed by atoms with Gasteiger partial charge in [0, 0.05) is 11.1 Å². The van der Waals surface area contributed by atoms with Crippen LogP contribution in [0.1, 0.15) is 41.5 Å². The lowest BCUT2D eigenvalue weighted by Gasteiger charge is -2.50. The zero-order valence-electron chi connectivity index (χ0n) is 18.4. The van der Waals surface area contributed by atoms with Gasteiger partial charge >= 0.3 is 0 Å². The van der Waals surface area contributed by atoms with E-state index < -0.39 is 7.41 Å². The maximum atomic E-state index is 2.78. The fraction of sp³-hybridized carbons (Fsp3) is 0.308. The predicted octanol–water partition coefficient (Wildman–Crippen LogP) is 2.80. The normalized spacial score (nSPS) is 12.5. The molecule has 0 saturated carbocycles. The van der Waals surface area contributed by atoms with Crippen LogP contribution in [-0.4, -0.2) is 15.7 Å². The van der Waals surface area contributed by atoms with E-state index in [4.69, 9.17) is 0 Å². The lowest BCUT2D eigenvalue weighted by atomic mass is 10.0. The SMILES string of the molecule is CC(C)(C)N(C(C)(C)C)[P+](c1ccccc1)(c1ccccc1)c1ccccc1.[Br-]. The maximum Gasteiger partial charge on any atom is 0.182 e. The molecule has 0 radical (unpaired) electrons. The third-order valence-electron chi connectivity index (χ3n) is 4.96. The molecule has 0 aliphatic heterocycles. The first-order valence-electron chi connectivity index (χ1n) is 10.1. The molecule has 0 fully saturated rings. The highest BCUT2D eigenvalue weighted by Crippen LogP contribution is 2.64. The Bertz CT molecular complexity index is 770. The molecule has 0 spiro atoms. The number of nitrogens with zero attached hydrogens (tertiary/aromatic N) is 1. The zero-order chi connectivity index (χ0) is 20.4. The van der Waals surface area contributed by atoms with Crippen LogP contribution in [-0.2, 0) is 0 Å². The van der Waals surface area contributed by atoms with Gasteiger partial charge in [-0.1, -0.05) is 54.6 Å². The summed E-state index contributed by atoms with van der Waals surface area (Å²) in [5.41, 5.74) is -0.0406. The monoisotopic (exact) mass is 469 g/mol. The number of hydrogen-bond acceptors (Lipinski definition) is 1. The van der Waals surface area contributed by atoms with Crippen molar-refractivity contribution in [1.82, 2.24) is 4.67 Å². The van der Waals surface area contributed by atoms with E-state index in [2.05, 4.69) is 137 Å². The molecular formula is C26H33BrNP. The van der Waals surface area contributed by atoms with Crippen molar-refractivity contribution in [2.75, 3.05) is 0 Å². The molecule has 154 valence electrons. The smallest absolute Gasteiger partial charge is 0.182 e. The Labute approximate surface area is 188 Å². The molecule has 0 unspecified atom stereocenters. The van der Waals surface area contributed by atoms with Crippen molar-refractivity contribution in [2.45, 2.75) is 52.6 Å². The first-order valence-corrected chi connectivity index (χ1v) is 11.8. The van der Waals surface area contributed by atoms with Gasteiger partial charge in [0.15, 0.2) is 7.41 Å². The lowest BCUT2D eigenvalue weighted by molar-refractivity contribution is -0.00000964. The van der Waals surface area contributed by atoms with Crippen molar-refractivity contribution in [1.29, 1.82) is 0 Å². The van der Waals surface area contributed by atoms with Crippen molar-refractivity contribution in [3.8, 4) is 0 Å². The highest BCUT2D eigenvalue weighted by atomic mass is 79.9. The number of hydrogen-bond donors (Lipinski definition) is 0. The van der Waals surface area contributed by atoms with Gasteiger partial charge in [0.2, 0.25) is 0 Å². The van der Waals surface area contributed by atoms with Crippen LogP contribution in [0.15, 0.2) is 91.0 Å². The summed E-state index contributed by atoms with van der Waals surface area (Å²) in [6.07, 6.45) is 0. The minimum Gasteiger partial charge on any atom is -1.00 e. The molecule has 0 heterocycles. The summed E-state index contributed by atoms with van der Waals surface area (Å²) in [7, 11) is -2.07. The third-order valence-corrected chi connectivity index (χ3v) is 9.90. The molecule has 3 heteroatoms. The van der Waals surface area contributed by atoms with Crippen LogP contribution in [0.2, 0.25) is 0 Å². The Morgan fingerprint density at radius 3 is 0.931 bits per heavy atom. The number of rotatable bonds is 4. The van der Waals surface area contributed by atoms with Gasteiger partial charge in [0.05, 0.1) is 0 Å². The fourth-order valence-electron chi connectivity index (χ4n) is 4.63. The summed E-state index contributed by atoms with van der Waals surface area (Å²) in [6.45, 7) is 14.1. The second-order valence-electron chi connectivity index (χ2n) is 9.30. The van der Waals surface area contributed by atoms with Crippen molar-refractivity contribution in [3.63, 3.8) is 0 Å². The van der Waals surface area contributed by atoms with E-state index in [-0.39, 0.29) is 28.1 Å². The molecule has 0 atom stereocenters. The summed E-state index contributed by atoms with van der Waals surface area (Å²) in [5.74, 6) is 0. The van der Waals surface area contributed by atoms with Gasteiger partial charge in [0.25, 0.3) is 0 Å². The lowest BCUT2D eigenvalue weighted by Crippen LogP contribution is -3.00. The highest BCUT2D eigenvalue weighted by molar-refractivity contribution is 7.93. The number of halogens is 1. The van der Waals surface area contributed by atoms with E-state index >= 15 is 0 Å². The van der Waals surface area contributed by atoms with E-state index in [1.807, 2.05) is 0 Å². The molecule has 3 rings (SSSR count). The Hall–Kier alpha value is -1.47. The second kappa shape index (κ2) is 9.13. The van der Waals surface area contributed by atoms with Crippen LogP contribution < -0.4 is 32.9 Å². The van der Waals surface area contributed by atoms with E-state index in [1.54, 1.807) is 0 Å². The van der Waals surface area contributed by atoms with Gasteiger partial charge in [-0.15, -0.1) is 0 Å². The van der Waals surface area contributed by atoms with Crippen LogP contribution in [0.5, 0.6) is 0 Å². The van der Waals surface area contributed by atoms with E-state index in [1.165, 1.54) is 15.9 Å². The van der Waals surface area contributed by atoms with Crippen LogP contribution in [0.3, 0.4) is 0 Å². The van der Waals surface area contributed by atoms with Gasteiger partial charge < -0.3 is 17.0 Å². The highest BCUT2D eigenvalue weighted by Gasteiger charge is 2.59. The quantitative estimate of drug-likeness (QED) is 0.531. The van der Waals surface area contributed by atoms with Gasteiger partial charge in [-0.05, 0) is 77.9 Å². The third kappa shape index (κ3) is 4.66.